The van der Waals surface area contributed by atoms with Crippen LogP contribution in [0.15, 0.2) is 24.3 Å². The van der Waals surface area contributed by atoms with Crippen LogP contribution in [0.25, 0.3) is 0 Å². The van der Waals surface area contributed by atoms with Gasteiger partial charge in [-0.25, -0.2) is 4.39 Å². The molecule has 0 saturated carbocycles. The van der Waals surface area contributed by atoms with Gasteiger partial charge in [-0.2, -0.15) is 0 Å². The number of carbonyl (C=O) groups excluding carboxylic acids is 1. The number of benzene rings is 1. The first kappa shape index (κ1) is 16.2. The van der Waals surface area contributed by atoms with Crippen LogP contribution in [0.1, 0.15) is 36.1 Å². The third kappa shape index (κ3) is 3.28. The second kappa shape index (κ2) is 6.92. The summed E-state index contributed by atoms with van der Waals surface area (Å²) in [5.74, 6) is 1.69. The predicted molar refractivity (Wildman–Crippen MR) is 90.4 cm³/mol. The van der Waals surface area contributed by atoms with Crippen LogP contribution in [0.5, 0.6) is 0 Å². The number of hydrogen-bond donors (Lipinski definition) is 1. The quantitative estimate of drug-likeness (QED) is 0.917. The Kier molecular flexibility index (Phi) is 4.48. The number of likely N-dealkylation sites (tertiary alicyclic amines) is 1. The van der Waals surface area contributed by atoms with Crippen molar-refractivity contribution in [3.8, 4) is 0 Å². The number of aromatic nitrogens is 3. The second-order valence-electron chi connectivity index (χ2n) is 6.67. The van der Waals surface area contributed by atoms with Gasteiger partial charge in [0, 0.05) is 32.6 Å². The van der Waals surface area contributed by atoms with Crippen LogP contribution >= 0.6 is 0 Å². The lowest BCUT2D eigenvalue weighted by molar-refractivity contribution is -0.131. The van der Waals surface area contributed by atoms with Crippen molar-refractivity contribution in [1.29, 1.82) is 0 Å². The number of halogens is 1. The van der Waals surface area contributed by atoms with Gasteiger partial charge in [-0.3, -0.25) is 4.79 Å². The van der Waals surface area contributed by atoms with Crippen molar-refractivity contribution in [1.82, 2.24) is 25.0 Å². The number of amides is 1. The standard InChI is InChI=1S/C18H22FN5O/c19-14-5-3-13(4-6-14)12-17(25)23-10-1-2-15(23)18-22-21-16-7-8-20-9-11-24(16)18/h3-6,15,20H,1-2,7-12H2. The molecule has 7 heteroatoms. The molecule has 2 aromatic rings. The summed E-state index contributed by atoms with van der Waals surface area (Å²) in [5.41, 5.74) is 0.835. The molecule has 0 bridgehead atoms. The lowest BCUT2D eigenvalue weighted by Crippen LogP contribution is -2.33. The van der Waals surface area contributed by atoms with Gasteiger partial charge in [-0.1, -0.05) is 12.1 Å². The average Bonchev–Trinajstić information content (AvgIpc) is 3.18. The van der Waals surface area contributed by atoms with Crippen molar-refractivity contribution in [2.75, 3.05) is 19.6 Å². The van der Waals surface area contributed by atoms with Gasteiger partial charge in [0.05, 0.1) is 12.5 Å². The third-order valence-corrected chi connectivity index (χ3v) is 5.03. The fourth-order valence-electron chi connectivity index (χ4n) is 3.75. The maximum atomic E-state index is 13.0. The molecular formula is C18H22FN5O. The van der Waals surface area contributed by atoms with Crippen molar-refractivity contribution in [2.24, 2.45) is 0 Å². The first-order valence-corrected chi connectivity index (χ1v) is 8.89. The van der Waals surface area contributed by atoms with E-state index in [9.17, 15) is 9.18 Å². The minimum absolute atomic E-state index is 0.00713. The molecule has 1 aromatic heterocycles. The number of carbonyl (C=O) groups is 1. The van der Waals surface area contributed by atoms with Crippen molar-refractivity contribution in [3.63, 3.8) is 0 Å². The van der Waals surface area contributed by atoms with E-state index in [-0.39, 0.29) is 17.8 Å². The van der Waals surface area contributed by atoms with Gasteiger partial charge in [0.2, 0.25) is 5.91 Å². The zero-order valence-corrected chi connectivity index (χ0v) is 14.1. The molecule has 25 heavy (non-hydrogen) atoms. The van der Waals surface area contributed by atoms with E-state index >= 15 is 0 Å². The van der Waals surface area contributed by atoms with E-state index in [0.717, 1.165) is 62.7 Å². The van der Waals surface area contributed by atoms with E-state index in [1.165, 1.54) is 12.1 Å². The molecule has 0 radical (unpaired) electrons. The normalized spacial score (nSPS) is 20.4. The predicted octanol–water partition coefficient (Wildman–Crippen LogP) is 1.47. The number of nitrogens with zero attached hydrogens (tertiary/aromatic N) is 4. The highest BCUT2D eigenvalue weighted by Crippen LogP contribution is 2.32. The lowest BCUT2D eigenvalue weighted by atomic mass is 10.1. The molecule has 1 aromatic carbocycles. The lowest BCUT2D eigenvalue weighted by Gasteiger charge is -2.24. The Bertz CT molecular complexity index is 757. The summed E-state index contributed by atoms with van der Waals surface area (Å²) in [6.07, 6.45) is 3.05. The summed E-state index contributed by atoms with van der Waals surface area (Å²) in [6.45, 7) is 3.39. The Labute approximate surface area is 146 Å². The van der Waals surface area contributed by atoms with E-state index in [4.69, 9.17) is 0 Å². The third-order valence-electron chi connectivity index (χ3n) is 5.03. The highest BCUT2D eigenvalue weighted by Gasteiger charge is 2.34. The average molecular weight is 343 g/mol. The maximum Gasteiger partial charge on any atom is 0.227 e. The van der Waals surface area contributed by atoms with Gasteiger partial charge in [0.15, 0.2) is 5.82 Å². The first-order valence-electron chi connectivity index (χ1n) is 8.89. The summed E-state index contributed by atoms with van der Waals surface area (Å²) >= 11 is 0. The molecule has 1 fully saturated rings. The monoisotopic (exact) mass is 343 g/mol. The Morgan fingerprint density at radius 1 is 1.20 bits per heavy atom. The molecule has 1 atom stereocenters. The van der Waals surface area contributed by atoms with Gasteiger partial charge in [0.25, 0.3) is 0 Å². The molecule has 0 aliphatic carbocycles. The van der Waals surface area contributed by atoms with Gasteiger partial charge >= 0.3 is 0 Å². The van der Waals surface area contributed by atoms with Gasteiger partial charge in [0.1, 0.15) is 11.6 Å². The Morgan fingerprint density at radius 2 is 2.04 bits per heavy atom. The van der Waals surface area contributed by atoms with Crippen molar-refractivity contribution < 1.29 is 9.18 Å². The van der Waals surface area contributed by atoms with Crippen LogP contribution < -0.4 is 5.32 Å². The van der Waals surface area contributed by atoms with E-state index in [1.807, 2.05) is 4.90 Å². The van der Waals surface area contributed by atoms with Crippen LogP contribution in [-0.2, 0) is 24.2 Å². The van der Waals surface area contributed by atoms with Gasteiger partial charge in [-0.05, 0) is 30.5 Å². The summed E-state index contributed by atoms with van der Waals surface area (Å²) < 4.78 is 15.2. The maximum absolute atomic E-state index is 13.0. The first-order chi connectivity index (χ1) is 12.2. The summed E-state index contributed by atoms with van der Waals surface area (Å²) in [4.78, 5) is 14.7. The fourth-order valence-corrected chi connectivity index (χ4v) is 3.75. The highest BCUT2D eigenvalue weighted by atomic mass is 19.1. The molecule has 1 saturated heterocycles. The van der Waals surface area contributed by atoms with Crippen LogP contribution in [0, 0.1) is 5.82 Å². The molecule has 1 unspecified atom stereocenters. The summed E-state index contributed by atoms with van der Waals surface area (Å²) in [5, 5.41) is 12.1. The zero-order chi connectivity index (χ0) is 17.2. The molecular weight excluding hydrogens is 321 g/mol. The fraction of sp³-hybridized carbons (Fsp3) is 0.500. The van der Waals surface area contributed by atoms with Gasteiger partial charge in [-0.15, -0.1) is 10.2 Å². The Morgan fingerprint density at radius 3 is 2.88 bits per heavy atom. The van der Waals surface area contributed by atoms with Crippen LogP contribution in [0.3, 0.4) is 0 Å². The van der Waals surface area contributed by atoms with E-state index in [1.54, 1.807) is 12.1 Å². The Balaban J connectivity index is 1.53. The Hall–Kier alpha value is -2.28. The smallest absolute Gasteiger partial charge is 0.227 e. The van der Waals surface area contributed by atoms with Crippen LogP contribution in [0.2, 0.25) is 0 Å². The SMILES string of the molecule is O=C(Cc1ccc(F)cc1)N1CCCC1c1nnc2n1CCNCC2. The molecule has 2 aliphatic heterocycles. The highest BCUT2D eigenvalue weighted by molar-refractivity contribution is 5.79. The van der Waals surface area contributed by atoms with E-state index in [0.29, 0.717) is 6.42 Å². The molecule has 1 amide bonds. The van der Waals surface area contributed by atoms with Crippen molar-refractivity contribution in [2.45, 2.75) is 38.3 Å². The molecule has 1 N–H and O–H groups in total. The molecule has 4 rings (SSSR count). The molecule has 2 aliphatic rings. The molecule has 3 heterocycles. The van der Waals surface area contributed by atoms with Gasteiger partial charge < -0.3 is 14.8 Å². The van der Waals surface area contributed by atoms with Crippen LogP contribution in [-0.4, -0.2) is 45.2 Å². The zero-order valence-electron chi connectivity index (χ0n) is 14.1. The number of nitrogens with one attached hydrogen (secondary N) is 1. The van der Waals surface area contributed by atoms with E-state index < -0.39 is 0 Å². The van der Waals surface area contributed by atoms with Crippen molar-refractivity contribution >= 4 is 5.91 Å². The van der Waals surface area contributed by atoms with E-state index in [2.05, 4.69) is 20.1 Å². The number of rotatable bonds is 3. The summed E-state index contributed by atoms with van der Waals surface area (Å²) in [7, 11) is 0. The molecule has 0 spiro atoms. The topological polar surface area (TPSA) is 63.1 Å². The summed E-state index contributed by atoms with van der Waals surface area (Å²) in [6, 6.07) is 6.14. The van der Waals surface area contributed by atoms with Crippen LogP contribution in [0.4, 0.5) is 4.39 Å². The minimum Gasteiger partial charge on any atom is -0.332 e. The minimum atomic E-state index is -0.282. The number of fused-ring (bicyclic) bond motifs is 1. The number of hydrogen-bond acceptors (Lipinski definition) is 4. The molecule has 6 nitrogen and oxygen atoms in total. The van der Waals surface area contributed by atoms with Crippen molar-refractivity contribution in [3.05, 3.63) is 47.3 Å². The largest absolute Gasteiger partial charge is 0.332 e. The second-order valence-corrected chi connectivity index (χ2v) is 6.67. The molecule has 132 valence electrons.